The lowest BCUT2D eigenvalue weighted by Gasteiger charge is -2.36. The van der Waals surface area contributed by atoms with Crippen LogP contribution in [0.3, 0.4) is 0 Å². The molecule has 0 radical (unpaired) electrons. The smallest absolute Gasteiger partial charge is 0.224 e. The van der Waals surface area contributed by atoms with Crippen LogP contribution in [-0.4, -0.2) is 36.1 Å². The molecule has 1 unspecified atom stereocenters. The number of piperidine rings is 1. The van der Waals surface area contributed by atoms with Gasteiger partial charge < -0.3 is 15.4 Å². The third-order valence-electron chi connectivity index (χ3n) is 5.76. The van der Waals surface area contributed by atoms with E-state index in [1.807, 2.05) is 35.2 Å². The van der Waals surface area contributed by atoms with E-state index in [9.17, 15) is 4.79 Å². The molecule has 1 heterocycles. The number of hydrogen-bond donors (Lipinski definition) is 1. The molecule has 0 aromatic heterocycles. The molecule has 1 amide bonds. The Balaban J connectivity index is 1.40. The van der Waals surface area contributed by atoms with Gasteiger partial charge in [0.1, 0.15) is 0 Å². The van der Waals surface area contributed by atoms with Gasteiger partial charge in [-0.25, -0.2) is 0 Å². The first kappa shape index (κ1) is 18.4. The molecule has 4 nitrogen and oxygen atoms in total. The Labute approximate surface area is 151 Å². The molecule has 1 saturated carbocycles. The molecule has 25 heavy (non-hydrogen) atoms. The SMILES string of the molecule is CC1CCC(OC2CCN(C(=O)CC(N)c3ccccc3)CC2)CC1. The molecule has 2 aliphatic rings. The second kappa shape index (κ2) is 8.81. The van der Waals surface area contributed by atoms with Gasteiger partial charge in [-0.15, -0.1) is 0 Å². The largest absolute Gasteiger partial charge is 0.375 e. The number of rotatable bonds is 5. The molecule has 1 saturated heterocycles. The van der Waals surface area contributed by atoms with Crippen LogP contribution in [0.1, 0.15) is 63.5 Å². The summed E-state index contributed by atoms with van der Waals surface area (Å²) < 4.78 is 6.30. The summed E-state index contributed by atoms with van der Waals surface area (Å²) in [4.78, 5) is 14.5. The highest BCUT2D eigenvalue weighted by Crippen LogP contribution is 2.28. The van der Waals surface area contributed by atoms with Gasteiger partial charge in [0.2, 0.25) is 5.91 Å². The Morgan fingerprint density at radius 2 is 1.68 bits per heavy atom. The molecule has 2 N–H and O–H groups in total. The zero-order valence-corrected chi connectivity index (χ0v) is 15.4. The highest BCUT2D eigenvalue weighted by molar-refractivity contribution is 5.77. The first-order valence-electron chi connectivity index (χ1n) is 9.85. The van der Waals surface area contributed by atoms with Gasteiger partial charge in [0.25, 0.3) is 0 Å². The molecule has 4 heteroatoms. The fourth-order valence-electron chi connectivity index (χ4n) is 4.01. The van der Waals surface area contributed by atoms with Gasteiger partial charge in [-0.2, -0.15) is 0 Å². The van der Waals surface area contributed by atoms with Crippen LogP contribution in [0.2, 0.25) is 0 Å². The molecule has 0 bridgehead atoms. The van der Waals surface area contributed by atoms with Crippen LogP contribution in [-0.2, 0) is 9.53 Å². The maximum absolute atomic E-state index is 12.5. The van der Waals surface area contributed by atoms with Crippen molar-refractivity contribution in [1.29, 1.82) is 0 Å². The topological polar surface area (TPSA) is 55.6 Å². The minimum atomic E-state index is -0.216. The highest BCUT2D eigenvalue weighted by Gasteiger charge is 2.27. The molecule has 2 fully saturated rings. The summed E-state index contributed by atoms with van der Waals surface area (Å²) in [5.41, 5.74) is 7.22. The van der Waals surface area contributed by atoms with E-state index in [4.69, 9.17) is 10.5 Å². The number of nitrogens with zero attached hydrogens (tertiary/aromatic N) is 1. The minimum absolute atomic E-state index is 0.168. The molecule has 1 aromatic carbocycles. The van der Waals surface area contributed by atoms with E-state index in [0.717, 1.165) is 37.4 Å². The fraction of sp³-hybridized carbons (Fsp3) is 0.667. The molecule has 138 valence electrons. The normalized spacial score (nSPS) is 26.4. The quantitative estimate of drug-likeness (QED) is 0.887. The molecule has 3 rings (SSSR count). The molecule has 0 spiro atoms. The van der Waals surface area contributed by atoms with Crippen molar-refractivity contribution in [2.75, 3.05) is 13.1 Å². The summed E-state index contributed by atoms with van der Waals surface area (Å²) in [7, 11) is 0. The number of carbonyl (C=O) groups is 1. The molecular weight excluding hydrogens is 312 g/mol. The van der Waals surface area contributed by atoms with Crippen molar-refractivity contribution in [2.24, 2.45) is 11.7 Å². The van der Waals surface area contributed by atoms with Crippen LogP contribution in [0.15, 0.2) is 30.3 Å². The summed E-state index contributed by atoms with van der Waals surface area (Å²) in [6.45, 7) is 3.93. The van der Waals surface area contributed by atoms with Crippen molar-refractivity contribution in [3.05, 3.63) is 35.9 Å². The number of carbonyl (C=O) groups excluding carboxylic acids is 1. The van der Waals surface area contributed by atoms with E-state index in [0.29, 0.717) is 18.6 Å². The van der Waals surface area contributed by atoms with E-state index < -0.39 is 0 Å². The van der Waals surface area contributed by atoms with Crippen molar-refractivity contribution in [3.63, 3.8) is 0 Å². The van der Waals surface area contributed by atoms with Crippen LogP contribution in [0.5, 0.6) is 0 Å². The van der Waals surface area contributed by atoms with E-state index in [1.165, 1.54) is 25.7 Å². The first-order chi connectivity index (χ1) is 12.1. The Bertz CT molecular complexity index is 532. The van der Waals surface area contributed by atoms with Crippen LogP contribution in [0.4, 0.5) is 0 Å². The highest BCUT2D eigenvalue weighted by atomic mass is 16.5. The lowest BCUT2D eigenvalue weighted by Crippen LogP contribution is -2.42. The van der Waals surface area contributed by atoms with Gasteiger partial charge in [0, 0.05) is 25.6 Å². The number of likely N-dealkylation sites (tertiary alicyclic amines) is 1. The molecular formula is C21H32N2O2. The van der Waals surface area contributed by atoms with Crippen LogP contribution in [0.25, 0.3) is 0 Å². The monoisotopic (exact) mass is 344 g/mol. The number of hydrogen-bond acceptors (Lipinski definition) is 3. The van der Waals surface area contributed by atoms with Crippen molar-refractivity contribution >= 4 is 5.91 Å². The first-order valence-corrected chi connectivity index (χ1v) is 9.85. The molecule has 1 atom stereocenters. The number of amides is 1. The van der Waals surface area contributed by atoms with Crippen LogP contribution in [0, 0.1) is 5.92 Å². The zero-order valence-electron chi connectivity index (χ0n) is 15.4. The zero-order chi connectivity index (χ0) is 17.6. The summed E-state index contributed by atoms with van der Waals surface area (Å²) in [5, 5.41) is 0. The molecule has 1 aromatic rings. The van der Waals surface area contributed by atoms with Crippen LogP contribution >= 0.6 is 0 Å². The van der Waals surface area contributed by atoms with Gasteiger partial charge in [-0.3, -0.25) is 4.79 Å². The van der Waals surface area contributed by atoms with Gasteiger partial charge >= 0.3 is 0 Å². The maximum Gasteiger partial charge on any atom is 0.224 e. The standard InChI is InChI=1S/C21H32N2O2/c1-16-7-9-18(10-8-16)25-19-11-13-23(14-12-19)21(24)15-20(22)17-5-3-2-4-6-17/h2-6,16,18-20H,7-15,22H2,1H3. The second-order valence-corrected chi connectivity index (χ2v) is 7.82. The van der Waals surface area contributed by atoms with E-state index >= 15 is 0 Å². The Hall–Kier alpha value is -1.39. The predicted molar refractivity (Wildman–Crippen MR) is 100 cm³/mol. The maximum atomic E-state index is 12.5. The second-order valence-electron chi connectivity index (χ2n) is 7.82. The van der Waals surface area contributed by atoms with Crippen molar-refractivity contribution in [3.8, 4) is 0 Å². The predicted octanol–water partition coefficient (Wildman–Crippen LogP) is 3.66. The molecule has 1 aliphatic carbocycles. The van der Waals surface area contributed by atoms with Crippen molar-refractivity contribution in [1.82, 2.24) is 4.90 Å². The van der Waals surface area contributed by atoms with Gasteiger partial charge in [-0.05, 0) is 50.0 Å². The van der Waals surface area contributed by atoms with Crippen molar-refractivity contribution in [2.45, 2.75) is 70.1 Å². The summed E-state index contributed by atoms with van der Waals surface area (Å²) >= 11 is 0. The van der Waals surface area contributed by atoms with Gasteiger partial charge in [-0.1, -0.05) is 37.3 Å². The Kier molecular flexibility index (Phi) is 6.49. The van der Waals surface area contributed by atoms with Gasteiger partial charge in [0.15, 0.2) is 0 Å². The lowest BCUT2D eigenvalue weighted by atomic mass is 9.88. The average Bonchev–Trinajstić information content (AvgIpc) is 2.65. The minimum Gasteiger partial charge on any atom is -0.375 e. The average molecular weight is 344 g/mol. The lowest BCUT2D eigenvalue weighted by molar-refractivity contribution is -0.135. The summed E-state index contributed by atoms with van der Waals surface area (Å²) in [5.74, 6) is 1.02. The third kappa shape index (κ3) is 5.29. The number of benzene rings is 1. The summed E-state index contributed by atoms with van der Waals surface area (Å²) in [6, 6.07) is 9.66. The molecule has 1 aliphatic heterocycles. The van der Waals surface area contributed by atoms with E-state index in [2.05, 4.69) is 6.92 Å². The summed E-state index contributed by atoms with van der Waals surface area (Å²) in [6.07, 6.45) is 8.05. The Morgan fingerprint density at radius 1 is 1.08 bits per heavy atom. The van der Waals surface area contributed by atoms with Crippen molar-refractivity contribution < 1.29 is 9.53 Å². The fourth-order valence-corrected chi connectivity index (χ4v) is 4.01. The number of ether oxygens (including phenoxy) is 1. The van der Waals surface area contributed by atoms with Gasteiger partial charge in [0.05, 0.1) is 12.2 Å². The van der Waals surface area contributed by atoms with E-state index in [-0.39, 0.29) is 11.9 Å². The van der Waals surface area contributed by atoms with E-state index in [1.54, 1.807) is 0 Å². The van der Waals surface area contributed by atoms with Crippen LogP contribution < -0.4 is 5.73 Å². The number of nitrogens with two attached hydrogens (primary N) is 1. The third-order valence-corrected chi connectivity index (χ3v) is 5.76. The Morgan fingerprint density at radius 3 is 2.32 bits per heavy atom.